The number of benzene rings is 1. The summed E-state index contributed by atoms with van der Waals surface area (Å²) in [5.74, 6) is -1.29. The molecular weight excluding hydrogens is 270 g/mol. The van der Waals surface area contributed by atoms with Gasteiger partial charge in [0, 0.05) is 5.39 Å². The molecule has 0 aliphatic heterocycles. The topological polar surface area (TPSA) is 84.2 Å². The maximum atomic E-state index is 12.2. The molecule has 0 bridgehead atoms. The molecule has 1 heterocycles. The second-order valence-corrected chi connectivity index (χ2v) is 5.69. The molecule has 1 aliphatic rings. The third-order valence-corrected chi connectivity index (χ3v) is 4.08. The lowest BCUT2D eigenvalue weighted by atomic mass is 9.96. The molecule has 0 spiro atoms. The van der Waals surface area contributed by atoms with Crippen LogP contribution in [0.1, 0.15) is 19.8 Å². The van der Waals surface area contributed by atoms with E-state index < -0.39 is 11.5 Å². The van der Waals surface area contributed by atoms with Crippen LogP contribution in [0.25, 0.3) is 10.9 Å². The fourth-order valence-electron chi connectivity index (χ4n) is 2.61. The van der Waals surface area contributed by atoms with Gasteiger partial charge in [0.1, 0.15) is 12.1 Å². The van der Waals surface area contributed by atoms with Crippen LogP contribution in [0.3, 0.4) is 0 Å². The van der Waals surface area contributed by atoms with Gasteiger partial charge in [-0.2, -0.15) is 5.10 Å². The summed E-state index contributed by atoms with van der Waals surface area (Å²) in [4.78, 5) is 23.6. The molecule has 1 aromatic heterocycles. The Balaban J connectivity index is 1.76. The van der Waals surface area contributed by atoms with Gasteiger partial charge in [-0.1, -0.05) is 18.2 Å². The fraction of sp³-hybridized carbons (Fsp3) is 0.400. The first-order valence-electron chi connectivity index (χ1n) is 6.95. The number of para-hydroxylation sites is 1. The molecule has 1 amide bonds. The van der Waals surface area contributed by atoms with E-state index in [0.717, 1.165) is 23.7 Å². The molecule has 2 N–H and O–H groups in total. The molecule has 110 valence electrons. The van der Waals surface area contributed by atoms with E-state index in [-0.39, 0.29) is 18.4 Å². The summed E-state index contributed by atoms with van der Waals surface area (Å²) in [6.07, 6.45) is 3.38. The summed E-state index contributed by atoms with van der Waals surface area (Å²) >= 11 is 0. The third-order valence-electron chi connectivity index (χ3n) is 4.08. The largest absolute Gasteiger partial charge is 0.480 e. The summed E-state index contributed by atoms with van der Waals surface area (Å²) in [6, 6.07) is 7.59. The number of rotatable bonds is 5. The Labute approximate surface area is 121 Å². The maximum Gasteiger partial charge on any atom is 0.329 e. The molecule has 1 atom stereocenters. The molecule has 2 aromatic rings. The van der Waals surface area contributed by atoms with E-state index in [2.05, 4.69) is 10.4 Å². The van der Waals surface area contributed by atoms with Crippen molar-refractivity contribution < 1.29 is 14.7 Å². The van der Waals surface area contributed by atoms with Gasteiger partial charge >= 0.3 is 5.97 Å². The predicted molar refractivity (Wildman–Crippen MR) is 76.6 cm³/mol. The van der Waals surface area contributed by atoms with E-state index >= 15 is 0 Å². The molecule has 6 heteroatoms. The van der Waals surface area contributed by atoms with Crippen LogP contribution in [0.2, 0.25) is 0 Å². The van der Waals surface area contributed by atoms with Crippen molar-refractivity contribution in [2.24, 2.45) is 5.92 Å². The zero-order valence-electron chi connectivity index (χ0n) is 11.7. The summed E-state index contributed by atoms with van der Waals surface area (Å²) in [6.45, 7) is 1.59. The van der Waals surface area contributed by atoms with E-state index in [1.54, 1.807) is 17.8 Å². The number of amides is 1. The summed E-state index contributed by atoms with van der Waals surface area (Å²) < 4.78 is 1.58. The smallest absolute Gasteiger partial charge is 0.329 e. The van der Waals surface area contributed by atoms with Crippen LogP contribution < -0.4 is 5.32 Å². The van der Waals surface area contributed by atoms with Gasteiger partial charge in [0.25, 0.3) is 0 Å². The zero-order chi connectivity index (χ0) is 15.0. The van der Waals surface area contributed by atoms with Gasteiger partial charge in [-0.05, 0) is 31.7 Å². The average Bonchev–Trinajstić information content (AvgIpc) is 3.23. The molecule has 6 nitrogen and oxygen atoms in total. The van der Waals surface area contributed by atoms with E-state index in [9.17, 15) is 14.7 Å². The third kappa shape index (κ3) is 2.49. The fourth-order valence-corrected chi connectivity index (χ4v) is 2.61. The van der Waals surface area contributed by atoms with Crippen LogP contribution in [0.4, 0.5) is 0 Å². The molecular formula is C15H17N3O3. The molecule has 21 heavy (non-hydrogen) atoms. The highest BCUT2D eigenvalue weighted by Crippen LogP contribution is 2.39. The highest BCUT2D eigenvalue weighted by atomic mass is 16.4. The first-order chi connectivity index (χ1) is 10.0. The van der Waals surface area contributed by atoms with Gasteiger partial charge in [-0.15, -0.1) is 0 Å². The van der Waals surface area contributed by atoms with Gasteiger partial charge in [0.05, 0.1) is 11.7 Å². The molecule has 1 aliphatic carbocycles. The van der Waals surface area contributed by atoms with Crippen LogP contribution in [-0.4, -0.2) is 32.3 Å². The van der Waals surface area contributed by atoms with Crippen molar-refractivity contribution in [1.29, 1.82) is 0 Å². The van der Waals surface area contributed by atoms with Gasteiger partial charge in [0.2, 0.25) is 5.91 Å². The normalized spacial score (nSPS) is 17.4. The number of carboxylic acid groups (broad SMARTS) is 1. The van der Waals surface area contributed by atoms with E-state index in [1.807, 2.05) is 24.3 Å². The van der Waals surface area contributed by atoms with Crippen LogP contribution >= 0.6 is 0 Å². The number of carboxylic acids is 1. The highest BCUT2D eigenvalue weighted by molar-refractivity contribution is 5.88. The van der Waals surface area contributed by atoms with Crippen LogP contribution in [-0.2, 0) is 16.1 Å². The second kappa shape index (κ2) is 4.87. The first kappa shape index (κ1) is 13.6. The zero-order valence-corrected chi connectivity index (χ0v) is 11.7. The minimum Gasteiger partial charge on any atom is -0.480 e. The molecule has 1 aromatic carbocycles. The molecule has 0 radical (unpaired) electrons. The lowest BCUT2D eigenvalue weighted by Crippen LogP contribution is -2.54. The number of aromatic nitrogens is 2. The molecule has 1 unspecified atom stereocenters. The van der Waals surface area contributed by atoms with Gasteiger partial charge in [0.15, 0.2) is 0 Å². The Morgan fingerprint density at radius 2 is 2.14 bits per heavy atom. The minimum absolute atomic E-state index is 0.0170. The lowest BCUT2D eigenvalue weighted by Gasteiger charge is -2.26. The SMILES string of the molecule is CC(NC(=O)Cn1ncc2ccccc21)(C(=O)O)C1CC1. The number of nitrogens with zero attached hydrogens (tertiary/aromatic N) is 2. The van der Waals surface area contributed by atoms with Crippen LogP contribution in [0.5, 0.6) is 0 Å². The summed E-state index contributed by atoms with van der Waals surface area (Å²) in [5, 5.41) is 17.1. The van der Waals surface area contributed by atoms with E-state index in [1.165, 1.54) is 0 Å². The highest BCUT2D eigenvalue weighted by Gasteiger charge is 2.48. The van der Waals surface area contributed by atoms with E-state index in [4.69, 9.17) is 0 Å². The Morgan fingerprint density at radius 1 is 1.43 bits per heavy atom. The van der Waals surface area contributed by atoms with Gasteiger partial charge in [-0.3, -0.25) is 9.48 Å². The number of carbonyl (C=O) groups excluding carboxylic acids is 1. The number of hydrogen-bond acceptors (Lipinski definition) is 3. The molecule has 3 rings (SSSR count). The van der Waals surface area contributed by atoms with Gasteiger partial charge < -0.3 is 10.4 Å². The van der Waals surface area contributed by atoms with Crippen molar-refractivity contribution in [3.05, 3.63) is 30.5 Å². The molecule has 1 fully saturated rings. The lowest BCUT2D eigenvalue weighted by molar-refractivity contribution is -0.148. The average molecular weight is 287 g/mol. The van der Waals surface area contributed by atoms with Gasteiger partial charge in [-0.25, -0.2) is 4.79 Å². The molecule has 0 saturated heterocycles. The number of hydrogen-bond donors (Lipinski definition) is 2. The van der Waals surface area contributed by atoms with Crippen molar-refractivity contribution in [3.63, 3.8) is 0 Å². The Bertz CT molecular complexity index is 705. The number of aliphatic carboxylic acids is 1. The molecule has 1 saturated carbocycles. The van der Waals surface area contributed by atoms with Crippen LogP contribution in [0.15, 0.2) is 30.5 Å². The number of nitrogens with one attached hydrogen (secondary N) is 1. The van der Waals surface area contributed by atoms with Crippen molar-refractivity contribution in [2.45, 2.75) is 31.8 Å². The summed E-state index contributed by atoms with van der Waals surface area (Å²) in [5.41, 5.74) is -0.323. The Kier molecular flexibility index (Phi) is 3.16. The minimum atomic E-state index is -1.18. The maximum absolute atomic E-state index is 12.2. The Hall–Kier alpha value is -2.37. The van der Waals surface area contributed by atoms with Crippen molar-refractivity contribution >= 4 is 22.8 Å². The first-order valence-corrected chi connectivity index (χ1v) is 6.95. The second-order valence-electron chi connectivity index (χ2n) is 5.69. The summed E-state index contributed by atoms with van der Waals surface area (Å²) in [7, 11) is 0. The van der Waals surface area contributed by atoms with Crippen LogP contribution in [0, 0.1) is 5.92 Å². The Morgan fingerprint density at radius 3 is 2.81 bits per heavy atom. The standard InChI is InChI=1S/C15H17N3O3/c1-15(14(20)21,11-6-7-11)17-13(19)9-18-12-5-3-2-4-10(12)8-16-18/h2-5,8,11H,6-7,9H2,1H3,(H,17,19)(H,20,21). The predicted octanol–water partition coefficient (Wildman–Crippen LogP) is 1.41. The van der Waals surface area contributed by atoms with Crippen molar-refractivity contribution in [2.75, 3.05) is 0 Å². The number of fused-ring (bicyclic) bond motifs is 1. The number of carbonyl (C=O) groups is 2. The quantitative estimate of drug-likeness (QED) is 0.870. The van der Waals surface area contributed by atoms with E-state index in [0.29, 0.717) is 0 Å². The van der Waals surface area contributed by atoms with Crippen molar-refractivity contribution in [3.8, 4) is 0 Å². The van der Waals surface area contributed by atoms with Crippen molar-refractivity contribution in [1.82, 2.24) is 15.1 Å². The monoisotopic (exact) mass is 287 g/mol.